The second kappa shape index (κ2) is 13.0. The molecule has 2 rings (SSSR count). The molecule has 0 bridgehead atoms. The van der Waals surface area contributed by atoms with E-state index >= 15 is 0 Å². The Hall–Kier alpha value is -1.50. The molecule has 15 heteroatoms. The number of aliphatic hydroxyl groups is 7. The Balaban J connectivity index is 1.98. The predicted molar refractivity (Wildman–Crippen MR) is 105 cm³/mol. The third kappa shape index (κ3) is 7.50. The average molecular weight is 500 g/mol. The highest BCUT2D eigenvalue weighted by molar-refractivity contribution is 5.67. The highest BCUT2D eigenvalue weighted by Crippen LogP contribution is 2.26. The molecular weight excluding hydrogens is 468 g/mol. The van der Waals surface area contributed by atoms with E-state index in [1.165, 1.54) is 0 Å². The van der Waals surface area contributed by atoms with Gasteiger partial charge in [0.1, 0.15) is 55.4 Å². The normalized spacial score (nSPS) is 39.3. The molecule has 34 heavy (non-hydrogen) atoms. The van der Waals surface area contributed by atoms with E-state index in [0.29, 0.717) is 0 Å². The van der Waals surface area contributed by atoms with Crippen molar-refractivity contribution >= 4 is 11.9 Å². The number of aliphatic hydroxyl groups excluding tert-OH is 7. The zero-order valence-electron chi connectivity index (χ0n) is 18.6. The third-order valence-electron chi connectivity index (χ3n) is 5.19. The van der Waals surface area contributed by atoms with Crippen molar-refractivity contribution in [2.75, 3.05) is 26.4 Å². The second-order valence-corrected chi connectivity index (χ2v) is 7.91. The zero-order chi connectivity index (χ0) is 25.6. The van der Waals surface area contributed by atoms with Gasteiger partial charge < -0.3 is 64.2 Å². The largest absolute Gasteiger partial charge is 0.462 e. The van der Waals surface area contributed by atoms with Gasteiger partial charge in [0.15, 0.2) is 18.7 Å². The lowest BCUT2D eigenvalue weighted by atomic mass is 9.98. The minimum atomic E-state index is -1.75. The van der Waals surface area contributed by atoms with Crippen LogP contribution in [-0.2, 0) is 38.0 Å². The van der Waals surface area contributed by atoms with Crippen molar-refractivity contribution in [3.05, 3.63) is 0 Å². The summed E-state index contributed by atoms with van der Waals surface area (Å²) in [4.78, 5) is 22.2. The van der Waals surface area contributed by atoms with E-state index in [9.17, 15) is 45.3 Å². The Morgan fingerprint density at radius 2 is 1.26 bits per heavy atom. The minimum absolute atomic E-state index is 0.341. The van der Waals surface area contributed by atoms with Crippen LogP contribution in [0.3, 0.4) is 0 Å². The highest BCUT2D eigenvalue weighted by atomic mass is 16.7. The number of esters is 2. The lowest BCUT2D eigenvalue weighted by Gasteiger charge is -2.42. The Kier molecular flexibility index (Phi) is 11.0. The van der Waals surface area contributed by atoms with E-state index in [4.69, 9.17) is 28.4 Å². The van der Waals surface area contributed by atoms with Crippen molar-refractivity contribution in [1.82, 2.24) is 0 Å². The van der Waals surface area contributed by atoms with Gasteiger partial charge in [0.2, 0.25) is 0 Å². The van der Waals surface area contributed by atoms with Gasteiger partial charge in [-0.2, -0.15) is 0 Å². The first kappa shape index (κ1) is 28.7. The van der Waals surface area contributed by atoms with Crippen molar-refractivity contribution in [3.8, 4) is 0 Å². The zero-order valence-corrected chi connectivity index (χ0v) is 18.6. The summed E-state index contributed by atoms with van der Waals surface area (Å²) in [5, 5.41) is 69.5. The van der Waals surface area contributed by atoms with Crippen molar-refractivity contribution in [2.24, 2.45) is 0 Å². The van der Waals surface area contributed by atoms with Crippen LogP contribution in [0.15, 0.2) is 0 Å². The molecule has 2 saturated heterocycles. The van der Waals surface area contributed by atoms with E-state index in [1.807, 2.05) is 0 Å². The first-order chi connectivity index (χ1) is 16.0. The van der Waals surface area contributed by atoms with Crippen LogP contribution >= 0.6 is 0 Å². The number of ether oxygens (including phenoxy) is 6. The van der Waals surface area contributed by atoms with Gasteiger partial charge in [0, 0.05) is 13.8 Å². The van der Waals surface area contributed by atoms with Crippen molar-refractivity contribution in [2.45, 2.75) is 81.4 Å². The predicted octanol–water partition coefficient (Wildman–Crippen LogP) is -4.88. The van der Waals surface area contributed by atoms with Gasteiger partial charge in [-0.25, -0.2) is 0 Å². The second-order valence-electron chi connectivity index (χ2n) is 7.91. The molecule has 2 aliphatic heterocycles. The molecular formula is C19H32O15. The summed E-state index contributed by atoms with van der Waals surface area (Å²) in [5.41, 5.74) is 0. The third-order valence-corrected chi connectivity index (χ3v) is 5.19. The van der Waals surface area contributed by atoms with Gasteiger partial charge >= 0.3 is 11.9 Å². The lowest BCUT2D eigenvalue weighted by Crippen LogP contribution is -2.61. The van der Waals surface area contributed by atoms with Crippen LogP contribution in [0, 0.1) is 0 Å². The van der Waals surface area contributed by atoms with E-state index in [0.717, 1.165) is 13.8 Å². The molecule has 0 aliphatic carbocycles. The van der Waals surface area contributed by atoms with Crippen molar-refractivity contribution in [1.29, 1.82) is 0 Å². The molecule has 0 saturated carbocycles. The smallest absolute Gasteiger partial charge is 0.303 e. The van der Waals surface area contributed by atoms with Crippen LogP contribution < -0.4 is 0 Å². The quantitative estimate of drug-likeness (QED) is 0.139. The molecule has 0 spiro atoms. The molecule has 0 amide bonds. The molecule has 198 valence electrons. The summed E-state index contributed by atoms with van der Waals surface area (Å²) in [6.45, 7) is 0.320. The minimum Gasteiger partial charge on any atom is -0.462 e. The fourth-order valence-electron chi connectivity index (χ4n) is 3.35. The highest BCUT2D eigenvalue weighted by Gasteiger charge is 2.47. The van der Waals surface area contributed by atoms with E-state index < -0.39 is 99.3 Å². The SMILES string of the molecule is CC(=O)OCC(COC1OC(COC2OC(CO)[C@H](O)C(O)C2O)[C@H](O)C(O)C1O)OC(C)=O. The summed E-state index contributed by atoms with van der Waals surface area (Å²) in [6.07, 6.45) is -16.8. The summed E-state index contributed by atoms with van der Waals surface area (Å²) in [6, 6.07) is 0. The topological polar surface area (TPSA) is 231 Å². The molecule has 15 nitrogen and oxygen atoms in total. The van der Waals surface area contributed by atoms with Gasteiger partial charge in [-0.3, -0.25) is 9.59 Å². The van der Waals surface area contributed by atoms with Crippen LogP contribution in [-0.4, -0.2) is 142 Å². The molecule has 9 unspecified atom stereocenters. The standard InChI is InChI=1S/C19H32O15/c1-7(21)29-4-9(32-8(2)22)5-30-18-17(28)15(26)13(24)11(34-18)6-31-19-16(27)14(25)12(23)10(3-20)33-19/h9-20,23-28H,3-6H2,1-2H3/t9?,10?,11?,12-,13-,14?,15?,16?,17?,18?,19?/m0/s1. The maximum atomic E-state index is 11.2. The average Bonchev–Trinajstić information content (AvgIpc) is 2.78. The lowest BCUT2D eigenvalue weighted by molar-refractivity contribution is -0.332. The maximum absolute atomic E-state index is 11.2. The fraction of sp³-hybridized carbons (Fsp3) is 0.895. The number of carbonyl (C=O) groups excluding carboxylic acids is 2. The number of carbonyl (C=O) groups is 2. The van der Waals surface area contributed by atoms with Crippen LogP contribution in [0.4, 0.5) is 0 Å². The first-order valence-corrected chi connectivity index (χ1v) is 10.5. The van der Waals surface area contributed by atoms with Gasteiger partial charge in [0.25, 0.3) is 0 Å². The Labute approximate surface area is 194 Å². The van der Waals surface area contributed by atoms with Gasteiger partial charge in [-0.1, -0.05) is 0 Å². The first-order valence-electron chi connectivity index (χ1n) is 10.5. The van der Waals surface area contributed by atoms with Crippen LogP contribution in [0.25, 0.3) is 0 Å². The van der Waals surface area contributed by atoms with E-state index in [2.05, 4.69) is 0 Å². The summed E-state index contributed by atoms with van der Waals surface area (Å²) < 4.78 is 31.0. The van der Waals surface area contributed by atoms with Gasteiger partial charge in [-0.05, 0) is 0 Å². The maximum Gasteiger partial charge on any atom is 0.303 e. The number of hydrogen-bond acceptors (Lipinski definition) is 15. The molecule has 2 heterocycles. The van der Waals surface area contributed by atoms with Gasteiger partial charge in [-0.15, -0.1) is 0 Å². The molecule has 11 atom stereocenters. The van der Waals surface area contributed by atoms with Crippen molar-refractivity contribution in [3.63, 3.8) is 0 Å². The molecule has 2 aliphatic rings. The summed E-state index contributed by atoms with van der Waals surface area (Å²) in [7, 11) is 0. The number of hydrogen-bond donors (Lipinski definition) is 7. The van der Waals surface area contributed by atoms with E-state index in [1.54, 1.807) is 0 Å². The fourth-order valence-corrected chi connectivity index (χ4v) is 3.35. The van der Waals surface area contributed by atoms with Crippen LogP contribution in [0.2, 0.25) is 0 Å². The van der Waals surface area contributed by atoms with Crippen LogP contribution in [0.1, 0.15) is 13.8 Å². The molecule has 0 aromatic heterocycles. The monoisotopic (exact) mass is 500 g/mol. The summed E-state index contributed by atoms with van der Waals surface area (Å²) in [5.74, 6) is -1.32. The van der Waals surface area contributed by atoms with Crippen molar-refractivity contribution < 1.29 is 73.8 Å². The Morgan fingerprint density at radius 3 is 1.79 bits per heavy atom. The van der Waals surface area contributed by atoms with E-state index in [-0.39, 0.29) is 6.61 Å². The molecule has 0 radical (unpaired) electrons. The number of rotatable bonds is 10. The van der Waals surface area contributed by atoms with Gasteiger partial charge in [0.05, 0.1) is 19.8 Å². The molecule has 2 fully saturated rings. The van der Waals surface area contributed by atoms with Crippen LogP contribution in [0.5, 0.6) is 0 Å². The molecule has 0 aromatic carbocycles. The Bertz CT molecular complexity index is 660. The Morgan fingerprint density at radius 1 is 0.735 bits per heavy atom. The molecule has 0 aromatic rings. The summed E-state index contributed by atoms with van der Waals surface area (Å²) >= 11 is 0. The molecule has 7 N–H and O–H groups in total.